The number of halogens is 1. The van der Waals surface area contributed by atoms with Crippen LogP contribution in [0.2, 0.25) is 5.15 Å². The maximum absolute atomic E-state index is 11.0. The van der Waals surface area contributed by atoms with Gasteiger partial charge in [0.15, 0.2) is 0 Å². The number of carbonyl (C=O) groups excluding carboxylic acids is 1. The highest BCUT2D eigenvalue weighted by Gasteiger charge is 2.23. The fraction of sp³-hybridized carbons (Fsp3) is 0.250. The van der Waals surface area contributed by atoms with Gasteiger partial charge in [-0.2, -0.15) is 0 Å². The van der Waals surface area contributed by atoms with Crippen molar-refractivity contribution in [2.45, 2.75) is 13.5 Å². The van der Waals surface area contributed by atoms with Gasteiger partial charge in [0, 0.05) is 0 Å². The Kier molecular flexibility index (Phi) is 1.54. The zero-order chi connectivity index (χ0) is 8.72. The maximum atomic E-state index is 11.0. The molecule has 0 aliphatic carbocycles. The molecule has 2 heterocycles. The van der Waals surface area contributed by atoms with E-state index < -0.39 is 0 Å². The molecular formula is C8H6ClNO2. The molecule has 0 spiro atoms. The standard InChI is InChI=1S/C8H6ClNO2/c1-4-2-5-6(10-7(4)9)3-12-8(5)11/h2H,3H2,1H3. The summed E-state index contributed by atoms with van der Waals surface area (Å²) < 4.78 is 4.77. The van der Waals surface area contributed by atoms with Gasteiger partial charge in [0.05, 0.1) is 11.3 Å². The van der Waals surface area contributed by atoms with E-state index >= 15 is 0 Å². The summed E-state index contributed by atoms with van der Waals surface area (Å²) in [6, 6.07) is 1.71. The quantitative estimate of drug-likeness (QED) is 0.454. The van der Waals surface area contributed by atoms with E-state index in [1.165, 1.54) is 0 Å². The number of aromatic nitrogens is 1. The Morgan fingerprint density at radius 3 is 3.17 bits per heavy atom. The first-order valence-electron chi connectivity index (χ1n) is 3.51. The Hall–Kier alpha value is -1.09. The lowest BCUT2D eigenvalue weighted by atomic mass is 10.2. The molecule has 1 aromatic heterocycles. The summed E-state index contributed by atoms with van der Waals surface area (Å²) in [5, 5.41) is 0.437. The van der Waals surface area contributed by atoms with Crippen LogP contribution in [0.4, 0.5) is 0 Å². The van der Waals surface area contributed by atoms with E-state index in [0.29, 0.717) is 16.4 Å². The van der Waals surface area contributed by atoms with Gasteiger partial charge in [-0.25, -0.2) is 9.78 Å². The highest BCUT2D eigenvalue weighted by atomic mass is 35.5. The van der Waals surface area contributed by atoms with Crippen LogP contribution in [-0.4, -0.2) is 11.0 Å². The molecule has 0 N–H and O–H groups in total. The van der Waals surface area contributed by atoms with Gasteiger partial charge in [-0.1, -0.05) is 11.6 Å². The Labute approximate surface area is 74.3 Å². The second-order valence-corrected chi connectivity index (χ2v) is 3.02. The number of carbonyl (C=O) groups is 1. The summed E-state index contributed by atoms with van der Waals surface area (Å²) in [6.07, 6.45) is 0. The van der Waals surface area contributed by atoms with Crippen molar-refractivity contribution in [1.82, 2.24) is 4.98 Å². The number of hydrogen-bond acceptors (Lipinski definition) is 3. The number of pyridine rings is 1. The normalized spacial score (nSPS) is 14.3. The third kappa shape index (κ3) is 0.975. The summed E-state index contributed by atoms with van der Waals surface area (Å²) >= 11 is 5.76. The topological polar surface area (TPSA) is 39.2 Å². The number of cyclic esters (lactones) is 1. The molecule has 12 heavy (non-hydrogen) atoms. The zero-order valence-corrected chi connectivity index (χ0v) is 7.18. The first-order chi connectivity index (χ1) is 5.68. The minimum atomic E-state index is -0.308. The monoisotopic (exact) mass is 183 g/mol. The molecule has 0 amide bonds. The molecule has 1 aliphatic rings. The van der Waals surface area contributed by atoms with Crippen molar-refractivity contribution in [2.24, 2.45) is 0 Å². The lowest BCUT2D eigenvalue weighted by Crippen LogP contribution is -1.95. The van der Waals surface area contributed by atoms with Crippen molar-refractivity contribution < 1.29 is 9.53 Å². The van der Waals surface area contributed by atoms with E-state index in [1.807, 2.05) is 0 Å². The van der Waals surface area contributed by atoms with E-state index in [2.05, 4.69) is 4.98 Å². The smallest absolute Gasteiger partial charge is 0.340 e. The van der Waals surface area contributed by atoms with E-state index in [1.54, 1.807) is 13.0 Å². The number of fused-ring (bicyclic) bond motifs is 1. The van der Waals surface area contributed by atoms with E-state index in [4.69, 9.17) is 16.3 Å². The predicted octanol–water partition coefficient (Wildman–Crippen LogP) is 1.71. The second kappa shape index (κ2) is 2.45. The number of aryl methyl sites for hydroxylation is 1. The first kappa shape index (κ1) is 7.55. The maximum Gasteiger partial charge on any atom is 0.340 e. The van der Waals surface area contributed by atoms with Crippen LogP contribution in [0.5, 0.6) is 0 Å². The van der Waals surface area contributed by atoms with Gasteiger partial charge in [-0.3, -0.25) is 0 Å². The number of esters is 1. The molecule has 0 fully saturated rings. The average molecular weight is 184 g/mol. The fourth-order valence-electron chi connectivity index (χ4n) is 1.12. The van der Waals surface area contributed by atoms with Crippen molar-refractivity contribution in [3.05, 3.63) is 28.0 Å². The van der Waals surface area contributed by atoms with Crippen LogP contribution in [0.3, 0.4) is 0 Å². The van der Waals surface area contributed by atoms with Crippen molar-refractivity contribution in [1.29, 1.82) is 0 Å². The van der Waals surface area contributed by atoms with Crippen LogP contribution in [0.25, 0.3) is 0 Å². The molecule has 4 heteroatoms. The first-order valence-corrected chi connectivity index (χ1v) is 3.89. The Bertz CT molecular complexity index is 362. The van der Waals surface area contributed by atoms with Crippen LogP contribution in [0, 0.1) is 6.92 Å². The summed E-state index contributed by atoms with van der Waals surface area (Å²) in [5.41, 5.74) is 1.97. The molecule has 2 rings (SSSR count). The van der Waals surface area contributed by atoms with Gasteiger partial charge in [0.1, 0.15) is 11.8 Å². The highest BCUT2D eigenvalue weighted by molar-refractivity contribution is 6.30. The molecule has 3 nitrogen and oxygen atoms in total. The van der Waals surface area contributed by atoms with Crippen molar-refractivity contribution in [2.75, 3.05) is 0 Å². The molecule has 0 saturated carbocycles. The van der Waals surface area contributed by atoms with Crippen LogP contribution in [0.1, 0.15) is 21.6 Å². The summed E-state index contributed by atoms with van der Waals surface area (Å²) in [5.74, 6) is -0.308. The molecule has 0 bridgehead atoms. The Morgan fingerprint density at radius 2 is 2.42 bits per heavy atom. The Balaban J connectivity index is 2.63. The molecule has 0 unspecified atom stereocenters. The average Bonchev–Trinajstić information content (AvgIpc) is 2.35. The Morgan fingerprint density at radius 1 is 1.67 bits per heavy atom. The van der Waals surface area contributed by atoms with Crippen LogP contribution < -0.4 is 0 Å². The molecular weight excluding hydrogens is 178 g/mol. The van der Waals surface area contributed by atoms with Gasteiger partial charge < -0.3 is 4.74 Å². The van der Waals surface area contributed by atoms with Gasteiger partial charge in [-0.05, 0) is 18.6 Å². The van der Waals surface area contributed by atoms with E-state index in [-0.39, 0.29) is 12.6 Å². The minimum Gasteiger partial charge on any atom is -0.456 e. The van der Waals surface area contributed by atoms with Crippen molar-refractivity contribution in [3.63, 3.8) is 0 Å². The van der Waals surface area contributed by atoms with Gasteiger partial charge in [0.25, 0.3) is 0 Å². The van der Waals surface area contributed by atoms with E-state index in [0.717, 1.165) is 5.56 Å². The fourth-order valence-corrected chi connectivity index (χ4v) is 1.28. The molecule has 62 valence electrons. The number of rotatable bonds is 0. The van der Waals surface area contributed by atoms with Crippen LogP contribution >= 0.6 is 11.6 Å². The van der Waals surface area contributed by atoms with Crippen LogP contribution in [-0.2, 0) is 11.3 Å². The number of ether oxygens (including phenoxy) is 1. The molecule has 0 saturated heterocycles. The van der Waals surface area contributed by atoms with E-state index in [9.17, 15) is 4.79 Å². The lowest BCUT2D eigenvalue weighted by molar-refractivity contribution is 0.0533. The lowest BCUT2D eigenvalue weighted by Gasteiger charge is -1.97. The largest absolute Gasteiger partial charge is 0.456 e. The third-order valence-electron chi connectivity index (χ3n) is 1.79. The zero-order valence-electron chi connectivity index (χ0n) is 6.43. The summed E-state index contributed by atoms with van der Waals surface area (Å²) in [4.78, 5) is 15.0. The summed E-state index contributed by atoms with van der Waals surface area (Å²) in [6.45, 7) is 2.05. The summed E-state index contributed by atoms with van der Waals surface area (Å²) in [7, 11) is 0. The third-order valence-corrected chi connectivity index (χ3v) is 2.17. The predicted molar refractivity (Wildman–Crippen MR) is 43.1 cm³/mol. The van der Waals surface area contributed by atoms with Crippen molar-refractivity contribution in [3.8, 4) is 0 Å². The molecule has 1 aliphatic heterocycles. The van der Waals surface area contributed by atoms with Gasteiger partial charge in [-0.15, -0.1) is 0 Å². The van der Waals surface area contributed by atoms with Gasteiger partial charge in [0.2, 0.25) is 0 Å². The minimum absolute atomic E-state index is 0.244. The van der Waals surface area contributed by atoms with Crippen molar-refractivity contribution >= 4 is 17.6 Å². The number of hydrogen-bond donors (Lipinski definition) is 0. The molecule has 0 atom stereocenters. The molecule has 0 radical (unpaired) electrons. The van der Waals surface area contributed by atoms with Gasteiger partial charge >= 0.3 is 5.97 Å². The number of nitrogens with zero attached hydrogens (tertiary/aromatic N) is 1. The highest BCUT2D eigenvalue weighted by Crippen LogP contribution is 2.22. The van der Waals surface area contributed by atoms with Crippen LogP contribution in [0.15, 0.2) is 6.07 Å². The molecule has 1 aromatic rings. The second-order valence-electron chi connectivity index (χ2n) is 2.67. The SMILES string of the molecule is Cc1cc2c(nc1Cl)COC2=O. The molecule has 0 aromatic carbocycles.